The molecule has 3 rings (SSSR count). The Morgan fingerprint density at radius 3 is 2.59 bits per heavy atom. The van der Waals surface area contributed by atoms with Gasteiger partial charge in [0.2, 0.25) is 0 Å². The van der Waals surface area contributed by atoms with Crippen LogP contribution in [0.25, 0.3) is 0 Å². The van der Waals surface area contributed by atoms with E-state index >= 15 is 0 Å². The number of nitrogens with zero attached hydrogens (tertiary/aromatic N) is 1. The molecule has 2 unspecified atom stereocenters. The van der Waals surface area contributed by atoms with Crippen molar-refractivity contribution in [3.8, 4) is 0 Å². The van der Waals surface area contributed by atoms with E-state index in [2.05, 4.69) is 31.0 Å². The van der Waals surface area contributed by atoms with Crippen LogP contribution in [-0.4, -0.2) is 29.6 Å². The molecule has 3 nitrogen and oxygen atoms in total. The van der Waals surface area contributed by atoms with Crippen LogP contribution >= 0.6 is 0 Å². The molecule has 2 bridgehead atoms. The lowest BCUT2D eigenvalue weighted by Crippen LogP contribution is -2.44. The Morgan fingerprint density at radius 1 is 1.24 bits per heavy atom. The minimum Gasteiger partial charge on any atom is -0.335 e. The Bertz CT molecular complexity index is 348. The van der Waals surface area contributed by atoms with Crippen LogP contribution in [0.4, 0.5) is 4.79 Å². The molecule has 1 aliphatic heterocycles. The average Bonchev–Trinajstić information content (AvgIpc) is 2.90. The zero-order valence-electron chi connectivity index (χ0n) is 11.3. The summed E-state index contributed by atoms with van der Waals surface area (Å²) in [6, 6.07) is 1.14. The van der Waals surface area contributed by atoms with Crippen molar-refractivity contribution in [3.63, 3.8) is 0 Å². The van der Waals surface area contributed by atoms with Gasteiger partial charge in [-0.3, -0.25) is 0 Å². The van der Waals surface area contributed by atoms with Crippen molar-refractivity contribution in [2.45, 2.75) is 65.0 Å². The lowest BCUT2D eigenvalue weighted by Gasteiger charge is -2.39. The van der Waals surface area contributed by atoms with E-state index in [1.807, 2.05) is 0 Å². The van der Waals surface area contributed by atoms with Crippen molar-refractivity contribution < 1.29 is 4.79 Å². The van der Waals surface area contributed by atoms with Gasteiger partial charge in [-0.2, -0.15) is 0 Å². The fourth-order valence-electron chi connectivity index (χ4n) is 4.18. The third-order valence-electron chi connectivity index (χ3n) is 4.58. The monoisotopic (exact) mass is 236 g/mol. The number of rotatable bonds is 1. The first kappa shape index (κ1) is 11.4. The van der Waals surface area contributed by atoms with Crippen LogP contribution in [-0.2, 0) is 0 Å². The van der Waals surface area contributed by atoms with Crippen LogP contribution in [0.15, 0.2) is 0 Å². The van der Waals surface area contributed by atoms with Crippen LogP contribution in [0.3, 0.4) is 0 Å². The summed E-state index contributed by atoms with van der Waals surface area (Å²) in [7, 11) is 0. The molecular formula is C14H24N2O. The lowest BCUT2D eigenvalue weighted by molar-refractivity contribution is 0.129. The van der Waals surface area contributed by atoms with Crippen LogP contribution in [0.2, 0.25) is 0 Å². The van der Waals surface area contributed by atoms with Crippen molar-refractivity contribution in [2.24, 2.45) is 10.8 Å². The third-order valence-corrected chi connectivity index (χ3v) is 4.58. The summed E-state index contributed by atoms with van der Waals surface area (Å²) in [6.07, 6.45) is 5.97. The summed E-state index contributed by atoms with van der Waals surface area (Å²) in [6.45, 7) is 8.00. The van der Waals surface area contributed by atoms with Crippen molar-refractivity contribution in [3.05, 3.63) is 0 Å². The van der Waals surface area contributed by atoms with Crippen LogP contribution in [0, 0.1) is 10.8 Å². The van der Waals surface area contributed by atoms with Gasteiger partial charge in [0.1, 0.15) is 0 Å². The summed E-state index contributed by atoms with van der Waals surface area (Å²) in [5, 5.41) is 3.14. The Hall–Kier alpha value is -0.730. The smallest absolute Gasteiger partial charge is 0.317 e. The van der Waals surface area contributed by atoms with Crippen LogP contribution in [0.1, 0.15) is 52.9 Å². The summed E-state index contributed by atoms with van der Waals surface area (Å²) in [5.41, 5.74) is 0.750. The van der Waals surface area contributed by atoms with E-state index in [-0.39, 0.29) is 6.03 Å². The zero-order chi connectivity index (χ0) is 12.3. The van der Waals surface area contributed by atoms with Gasteiger partial charge in [0.05, 0.1) is 0 Å². The minimum absolute atomic E-state index is 0.193. The Morgan fingerprint density at radius 2 is 1.94 bits per heavy atom. The normalized spacial score (nSPS) is 39.2. The second-order valence-electron chi connectivity index (χ2n) is 7.57. The maximum Gasteiger partial charge on any atom is 0.317 e. The predicted molar refractivity (Wildman–Crippen MR) is 67.8 cm³/mol. The molecule has 2 aliphatic carbocycles. The number of likely N-dealkylation sites (tertiary alicyclic amines) is 1. The van der Waals surface area contributed by atoms with Gasteiger partial charge in [0, 0.05) is 18.6 Å². The molecule has 1 N–H and O–H groups in total. The molecule has 0 aromatic rings. The molecule has 3 aliphatic rings. The van der Waals surface area contributed by atoms with Gasteiger partial charge in [-0.25, -0.2) is 4.79 Å². The molecular weight excluding hydrogens is 212 g/mol. The van der Waals surface area contributed by atoms with Gasteiger partial charge in [-0.15, -0.1) is 0 Å². The van der Waals surface area contributed by atoms with E-state index in [1.54, 1.807) is 0 Å². The largest absolute Gasteiger partial charge is 0.335 e. The Balaban J connectivity index is 1.73. The molecule has 2 saturated carbocycles. The number of amides is 2. The molecule has 1 saturated heterocycles. The van der Waals surface area contributed by atoms with E-state index < -0.39 is 0 Å². The first-order valence-corrected chi connectivity index (χ1v) is 6.94. The van der Waals surface area contributed by atoms with Gasteiger partial charge < -0.3 is 10.2 Å². The standard InChI is InChI=1S/C14H24N2O/c1-13(2)6-11-7-14(3,8-13)9-16(11)12(17)15-10-4-5-10/h10-11H,4-9H2,1-3H3,(H,15,17). The molecule has 96 valence electrons. The first-order chi connectivity index (χ1) is 7.87. The van der Waals surface area contributed by atoms with Crippen LogP contribution in [0.5, 0.6) is 0 Å². The van der Waals surface area contributed by atoms with Gasteiger partial charge >= 0.3 is 6.03 Å². The summed E-state index contributed by atoms with van der Waals surface area (Å²) in [5.74, 6) is 0. The quantitative estimate of drug-likeness (QED) is 0.746. The topological polar surface area (TPSA) is 32.3 Å². The number of hydrogen-bond donors (Lipinski definition) is 1. The van der Waals surface area contributed by atoms with E-state index in [4.69, 9.17) is 0 Å². The molecule has 17 heavy (non-hydrogen) atoms. The van der Waals surface area contributed by atoms with E-state index in [0.717, 1.165) is 6.54 Å². The molecule has 1 heterocycles. The van der Waals surface area contributed by atoms with Gasteiger partial charge in [0.25, 0.3) is 0 Å². The highest BCUT2D eigenvalue weighted by Gasteiger charge is 2.51. The molecule has 0 aromatic heterocycles. The highest BCUT2D eigenvalue weighted by atomic mass is 16.2. The van der Waals surface area contributed by atoms with Crippen molar-refractivity contribution in [1.82, 2.24) is 10.2 Å². The van der Waals surface area contributed by atoms with Gasteiger partial charge in [-0.1, -0.05) is 20.8 Å². The summed E-state index contributed by atoms with van der Waals surface area (Å²) in [4.78, 5) is 14.3. The predicted octanol–water partition coefficient (Wildman–Crippen LogP) is 2.76. The molecule has 0 aromatic carbocycles. The number of carbonyl (C=O) groups is 1. The highest BCUT2D eigenvalue weighted by Crippen LogP contribution is 2.52. The summed E-state index contributed by atoms with van der Waals surface area (Å²) < 4.78 is 0. The summed E-state index contributed by atoms with van der Waals surface area (Å²) >= 11 is 0. The van der Waals surface area contributed by atoms with E-state index in [1.165, 1.54) is 32.1 Å². The maximum absolute atomic E-state index is 12.2. The highest BCUT2D eigenvalue weighted by molar-refractivity contribution is 5.75. The molecule has 2 amide bonds. The van der Waals surface area contributed by atoms with Gasteiger partial charge in [0.15, 0.2) is 0 Å². The van der Waals surface area contributed by atoms with Crippen LogP contribution < -0.4 is 5.32 Å². The fourth-order valence-corrected chi connectivity index (χ4v) is 4.18. The first-order valence-electron chi connectivity index (χ1n) is 6.94. The molecule has 0 spiro atoms. The second kappa shape index (κ2) is 3.39. The zero-order valence-corrected chi connectivity index (χ0v) is 11.3. The molecule has 2 atom stereocenters. The number of nitrogens with one attached hydrogen (secondary N) is 1. The SMILES string of the molecule is CC1(C)CC2CC(C)(CN2C(=O)NC2CC2)C1. The lowest BCUT2D eigenvalue weighted by atomic mass is 9.65. The molecule has 3 heteroatoms. The molecule has 0 radical (unpaired) electrons. The second-order valence-corrected chi connectivity index (χ2v) is 7.57. The van der Waals surface area contributed by atoms with E-state index in [9.17, 15) is 4.79 Å². The fraction of sp³-hybridized carbons (Fsp3) is 0.929. The molecule has 3 fully saturated rings. The minimum atomic E-state index is 0.193. The number of hydrogen-bond acceptors (Lipinski definition) is 1. The Kier molecular flexibility index (Phi) is 2.27. The average molecular weight is 236 g/mol. The number of carbonyl (C=O) groups excluding carboxylic acids is 1. The number of urea groups is 1. The van der Waals surface area contributed by atoms with Crippen molar-refractivity contribution >= 4 is 6.03 Å². The van der Waals surface area contributed by atoms with Gasteiger partial charge in [-0.05, 0) is 42.9 Å². The van der Waals surface area contributed by atoms with E-state index in [0.29, 0.717) is 22.9 Å². The maximum atomic E-state index is 12.2. The number of fused-ring (bicyclic) bond motifs is 2. The third kappa shape index (κ3) is 2.16. The Labute approximate surface area is 104 Å². The van der Waals surface area contributed by atoms with Crippen molar-refractivity contribution in [1.29, 1.82) is 0 Å². The van der Waals surface area contributed by atoms with Crippen molar-refractivity contribution in [2.75, 3.05) is 6.54 Å².